The third kappa shape index (κ3) is 8.26. The Bertz CT molecular complexity index is 184. The van der Waals surface area contributed by atoms with Gasteiger partial charge in [-0.1, -0.05) is 9.05 Å². The van der Waals surface area contributed by atoms with E-state index in [0.717, 1.165) is 0 Å². The van der Waals surface area contributed by atoms with E-state index in [-0.39, 0.29) is 20.3 Å². The van der Waals surface area contributed by atoms with Crippen LogP contribution in [0.15, 0.2) is 0 Å². The zero-order valence-corrected chi connectivity index (χ0v) is 6.60. The molecule has 0 aliphatic rings. The predicted molar refractivity (Wildman–Crippen MR) is 27.2 cm³/mol. The van der Waals surface area contributed by atoms with Gasteiger partial charge in [-0.05, 0) is 0 Å². The second-order valence-electron chi connectivity index (χ2n) is 1.27. The van der Waals surface area contributed by atoms with Gasteiger partial charge in [-0.25, -0.2) is 8.42 Å². The van der Waals surface area contributed by atoms with Crippen LogP contribution in [0.1, 0.15) is 1.43 Å². The summed E-state index contributed by atoms with van der Waals surface area (Å²) in [6, 6.07) is 0. The van der Waals surface area contributed by atoms with Crippen molar-refractivity contribution in [2.75, 3.05) is 6.26 Å². The number of rotatable bonds is 4. The fourth-order valence-corrected chi connectivity index (χ4v) is 0.531. The molecule has 0 amide bonds. The smallest absolute Gasteiger partial charge is 1.00 e. The Hall–Kier alpha value is 0.352. The molecule has 0 aromatic carbocycles. The van der Waals surface area contributed by atoms with E-state index in [2.05, 4.69) is 13.8 Å². The van der Waals surface area contributed by atoms with Crippen molar-refractivity contribution >= 4 is 17.4 Å². The van der Waals surface area contributed by atoms with E-state index < -0.39 is 17.4 Å². The van der Waals surface area contributed by atoms with E-state index >= 15 is 0 Å². The SMILES string of the molecule is CS(=O)(=O)OB(OF)OF.[H-].[Li+]. The summed E-state index contributed by atoms with van der Waals surface area (Å²) < 4.78 is 45.5. The van der Waals surface area contributed by atoms with Crippen LogP contribution < -0.4 is 18.9 Å². The summed E-state index contributed by atoms with van der Waals surface area (Å²) in [4.78, 5) is 5.15. The summed E-state index contributed by atoms with van der Waals surface area (Å²) in [5, 5.41) is 0. The predicted octanol–water partition coefficient (Wildman–Crippen LogP) is -3.13. The Morgan fingerprint density at radius 1 is 1.36 bits per heavy atom. The Morgan fingerprint density at radius 2 is 1.73 bits per heavy atom. The van der Waals surface area contributed by atoms with E-state index in [1.807, 2.05) is 0 Å². The molecule has 0 spiro atoms. The van der Waals surface area contributed by atoms with Gasteiger partial charge < -0.3 is 1.43 Å². The van der Waals surface area contributed by atoms with Crippen LogP contribution in [0.3, 0.4) is 0 Å². The molecule has 0 radical (unpaired) electrons. The largest absolute Gasteiger partial charge is 1.00 e. The van der Waals surface area contributed by atoms with E-state index in [1.54, 1.807) is 0 Å². The second-order valence-corrected chi connectivity index (χ2v) is 2.87. The Morgan fingerprint density at radius 3 is 1.82 bits per heavy atom. The van der Waals surface area contributed by atoms with Crippen LogP contribution in [0.5, 0.6) is 0 Å². The van der Waals surface area contributed by atoms with Crippen molar-refractivity contribution in [3.8, 4) is 0 Å². The van der Waals surface area contributed by atoms with Gasteiger partial charge in [0.15, 0.2) is 0 Å². The number of hydrogen-bond acceptors (Lipinski definition) is 5. The van der Waals surface area contributed by atoms with E-state index in [9.17, 15) is 17.5 Å². The van der Waals surface area contributed by atoms with Gasteiger partial charge in [0.25, 0.3) is 10.1 Å². The summed E-state index contributed by atoms with van der Waals surface area (Å²) in [6.45, 7) is 0. The summed E-state index contributed by atoms with van der Waals surface area (Å²) in [6.07, 6.45) is 0.581. The zero-order chi connectivity index (χ0) is 8.20. The number of halogens is 2. The molecule has 0 aliphatic carbocycles. The fourth-order valence-electron chi connectivity index (χ4n) is 0.186. The molecule has 0 saturated carbocycles. The van der Waals surface area contributed by atoms with Crippen molar-refractivity contribution in [2.45, 2.75) is 0 Å². The van der Waals surface area contributed by atoms with Gasteiger partial charge >= 0.3 is 26.2 Å². The molecule has 0 aromatic heterocycles. The molecule has 0 bridgehead atoms. The molecule has 0 atom stereocenters. The minimum absolute atomic E-state index is 0. The van der Waals surface area contributed by atoms with E-state index in [1.165, 1.54) is 0 Å². The van der Waals surface area contributed by atoms with Crippen molar-refractivity contribution in [1.82, 2.24) is 0 Å². The molecule has 0 rings (SSSR count). The normalized spacial score (nSPS) is 10.5. The summed E-state index contributed by atoms with van der Waals surface area (Å²) in [7, 11) is -6.45. The maximum Gasteiger partial charge on any atom is 1.00 e. The van der Waals surface area contributed by atoms with Crippen LogP contribution in [0.25, 0.3) is 0 Å². The van der Waals surface area contributed by atoms with E-state index in [4.69, 9.17) is 0 Å². The first-order valence-corrected chi connectivity index (χ1v) is 3.74. The molecule has 0 unspecified atom stereocenters. The molecular weight excluding hydrogens is 180 g/mol. The van der Waals surface area contributed by atoms with Crippen molar-refractivity contribution in [1.29, 1.82) is 0 Å². The quantitative estimate of drug-likeness (QED) is 0.432. The van der Waals surface area contributed by atoms with Crippen LogP contribution in [-0.2, 0) is 23.9 Å². The summed E-state index contributed by atoms with van der Waals surface area (Å²) in [5.41, 5.74) is 0. The topological polar surface area (TPSA) is 61.8 Å². The molecule has 62 valence electrons. The molecule has 0 aromatic rings. The monoisotopic (exact) mass is 184 g/mol. The molecular formula is CH4BF2LiO5S. The van der Waals surface area contributed by atoms with Crippen molar-refractivity contribution in [3.63, 3.8) is 0 Å². The van der Waals surface area contributed by atoms with Crippen LogP contribution in [-0.4, -0.2) is 22.0 Å². The average molecular weight is 184 g/mol. The third-order valence-electron chi connectivity index (χ3n) is 0.399. The minimum Gasteiger partial charge on any atom is -1.00 e. The van der Waals surface area contributed by atoms with Gasteiger partial charge in [0.1, 0.15) is 0 Å². The molecule has 0 saturated heterocycles. The molecule has 0 N–H and O–H groups in total. The maximum absolute atomic E-state index is 10.9. The average Bonchev–Trinajstić information content (AvgIpc) is 1.81. The van der Waals surface area contributed by atoms with Crippen LogP contribution in [0.4, 0.5) is 9.05 Å². The minimum atomic E-state index is -3.98. The Labute approximate surface area is 75.8 Å². The maximum atomic E-state index is 10.9. The zero-order valence-electron chi connectivity index (χ0n) is 6.78. The molecule has 10 heteroatoms. The number of hydrogen-bond donors (Lipinski definition) is 0. The van der Waals surface area contributed by atoms with Gasteiger partial charge in [-0.15, -0.1) is 0 Å². The first-order chi connectivity index (χ1) is 4.49. The first-order valence-electron chi connectivity index (χ1n) is 1.92. The Balaban J connectivity index is -0.000000405. The second kappa shape index (κ2) is 5.93. The molecule has 0 heterocycles. The van der Waals surface area contributed by atoms with Crippen molar-refractivity contribution in [2.24, 2.45) is 0 Å². The van der Waals surface area contributed by atoms with Gasteiger partial charge in [0, 0.05) is 0 Å². The third-order valence-corrected chi connectivity index (χ3v) is 0.906. The van der Waals surface area contributed by atoms with Gasteiger partial charge in [-0.2, -0.15) is 9.72 Å². The standard InChI is InChI=1S/CH3BF2O5S.Li.H/c1-10(5,6)9-2(7-3)8-4;;/h1H3;;/q;+1;-1. The van der Waals surface area contributed by atoms with Crippen LogP contribution in [0.2, 0.25) is 0 Å². The Kier molecular flexibility index (Phi) is 7.50. The van der Waals surface area contributed by atoms with E-state index in [0.29, 0.717) is 6.26 Å². The van der Waals surface area contributed by atoms with Gasteiger partial charge in [-0.3, -0.25) is 4.10 Å². The van der Waals surface area contributed by atoms with Crippen LogP contribution in [0, 0.1) is 0 Å². The molecule has 0 aliphatic heterocycles. The molecule has 5 nitrogen and oxygen atoms in total. The molecule has 0 fully saturated rings. The van der Waals surface area contributed by atoms with Crippen molar-refractivity contribution < 1.29 is 51.6 Å². The van der Waals surface area contributed by atoms with Crippen molar-refractivity contribution in [3.05, 3.63) is 0 Å². The summed E-state index contributed by atoms with van der Waals surface area (Å²) >= 11 is 0. The van der Waals surface area contributed by atoms with Crippen LogP contribution >= 0.6 is 0 Å². The molecule has 11 heavy (non-hydrogen) atoms. The van der Waals surface area contributed by atoms with Gasteiger partial charge in [0.05, 0.1) is 6.26 Å². The fraction of sp³-hybridized carbons (Fsp3) is 1.00. The first kappa shape index (κ1) is 13.9. The summed E-state index contributed by atoms with van der Waals surface area (Å²) in [5.74, 6) is 0. The van der Waals surface area contributed by atoms with Gasteiger partial charge in [0.2, 0.25) is 0 Å².